The molecule has 7 nitrogen and oxygen atoms in total. The van der Waals surface area contributed by atoms with Crippen LogP contribution in [-0.4, -0.2) is 26.6 Å². The van der Waals surface area contributed by atoms with Crippen LogP contribution in [0.2, 0.25) is 10.0 Å². The molecular weight excluding hydrogens is 489 g/mol. The molecule has 0 saturated heterocycles. The van der Waals surface area contributed by atoms with E-state index in [4.69, 9.17) is 23.2 Å². The number of aromatic amines is 1. The summed E-state index contributed by atoms with van der Waals surface area (Å²) in [7, 11) is 0. The summed E-state index contributed by atoms with van der Waals surface area (Å²) in [4.78, 5) is 38.8. The summed E-state index contributed by atoms with van der Waals surface area (Å²) >= 11 is 12.3. The number of benzene rings is 2. The molecule has 1 aliphatic carbocycles. The van der Waals surface area contributed by atoms with Crippen LogP contribution in [0.25, 0.3) is 5.69 Å². The van der Waals surface area contributed by atoms with Crippen molar-refractivity contribution in [2.45, 2.75) is 37.6 Å². The first-order valence-corrected chi connectivity index (χ1v) is 11.3. The number of H-pyrrole nitrogens is 1. The van der Waals surface area contributed by atoms with Crippen LogP contribution in [0.5, 0.6) is 0 Å². The summed E-state index contributed by atoms with van der Waals surface area (Å²) in [5.41, 5.74) is -0.408. The molecule has 1 heterocycles. The smallest absolute Gasteiger partial charge is 0.345 e. The second-order valence-electron chi connectivity index (χ2n) is 8.21. The Bertz CT molecular complexity index is 1310. The third kappa shape index (κ3) is 5.37. The lowest BCUT2D eigenvalue weighted by atomic mass is 9.79. The Morgan fingerprint density at radius 2 is 1.79 bits per heavy atom. The Morgan fingerprint density at radius 3 is 2.44 bits per heavy atom. The fourth-order valence-electron chi connectivity index (χ4n) is 4.11. The standard InChI is InChI=1S/C23H20Cl2F2N4O3/c24-15-3-1-13(2-4-15)20(14-7-9-23(26,27)10-8-14)30-21(33)17-11-16(5-6-18(17)25)31-22(34)29-19(32)12-28-31/h1-6,11-12,14,20H,7-10H2,(H,30,33)(H,29,32,34). The number of amides is 1. The summed E-state index contributed by atoms with van der Waals surface area (Å²) in [5, 5.41) is 7.36. The molecule has 1 aliphatic rings. The van der Waals surface area contributed by atoms with Gasteiger partial charge in [0.05, 0.1) is 22.3 Å². The average molecular weight is 509 g/mol. The summed E-state index contributed by atoms with van der Waals surface area (Å²) in [6, 6.07) is 10.6. The molecular formula is C23H20Cl2F2N4O3. The number of hydrogen-bond acceptors (Lipinski definition) is 4. The number of carbonyl (C=O) groups excluding carboxylic acids is 1. The molecule has 4 rings (SSSR count). The van der Waals surface area contributed by atoms with E-state index >= 15 is 0 Å². The van der Waals surface area contributed by atoms with Gasteiger partial charge in [0.15, 0.2) is 0 Å². The predicted octanol–water partition coefficient (Wildman–Crippen LogP) is 4.52. The van der Waals surface area contributed by atoms with Crippen LogP contribution in [0.3, 0.4) is 0 Å². The number of nitrogens with zero attached hydrogens (tertiary/aromatic N) is 2. The first kappa shape index (κ1) is 24.1. The van der Waals surface area contributed by atoms with E-state index in [0.29, 0.717) is 5.02 Å². The Kier molecular flexibility index (Phi) is 6.86. The van der Waals surface area contributed by atoms with Gasteiger partial charge in [-0.1, -0.05) is 35.3 Å². The Hall–Kier alpha value is -3.04. The molecule has 0 radical (unpaired) electrons. The van der Waals surface area contributed by atoms with Crippen molar-refractivity contribution in [1.29, 1.82) is 0 Å². The molecule has 1 unspecified atom stereocenters. The lowest BCUT2D eigenvalue weighted by Crippen LogP contribution is -2.37. The van der Waals surface area contributed by atoms with Gasteiger partial charge in [-0.2, -0.15) is 9.78 Å². The molecule has 0 bridgehead atoms. The number of aromatic nitrogens is 3. The van der Waals surface area contributed by atoms with Crippen LogP contribution in [0.4, 0.5) is 8.78 Å². The predicted molar refractivity (Wildman–Crippen MR) is 124 cm³/mol. The van der Waals surface area contributed by atoms with Gasteiger partial charge in [0, 0.05) is 17.9 Å². The lowest BCUT2D eigenvalue weighted by Gasteiger charge is -2.34. The van der Waals surface area contributed by atoms with Crippen molar-refractivity contribution in [2.75, 3.05) is 0 Å². The first-order chi connectivity index (χ1) is 16.1. The molecule has 2 aromatic carbocycles. The van der Waals surface area contributed by atoms with Crippen LogP contribution >= 0.6 is 23.2 Å². The van der Waals surface area contributed by atoms with Gasteiger partial charge in [0.2, 0.25) is 5.92 Å². The number of carbonyl (C=O) groups is 1. The maximum Gasteiger partial charge on any atom is 0.349 e. The second-order valence-corrected chi connectivity index (χ2v) is 9.05. The summed E-state index contributed by atoms with van der Waals surface area (Å²) in [6.07, 6.45) is 0.907. The third-order valence-electron chi connectivity index (χ3n) is 5.90. The fraction of sp³-hybridized carbons (Fsp3) is 0.304. The van der Waals surface area contributed by atoms with Crippen molar-refractivity contribution in [3.8, 4) is 5.69 Å². The molecule has 0 aliphatic heterocycles. The van der Waals surface area contributed by atoms with E-state index in [1.807, 2.05) is 0 Å². The monoisotopic (exact) mass is 508 g/mol. The van der Waals surface area contributed by atoms with Gasteiger partial charge in [0.1, 0.15) is 6.20 Å². The Balaban J connectivity index is 1.65. The Morgan fingerprint density at radius 1 is 1.12 bits per heavy atom. The van der Waals surface area contributed by atoms with Crippen LogP contribution < -0.4 is 16.6 Å². The maximum absolute atomic E-state index is 13.8. The van der Waals surface area contributed by atoms with Crippen molar-refractivity contribution in [3.05, 3.63) is 90.7 Å². The number of halogens is 4. The zero-order chi connectivity index (χ0) is 24.5. The molecule has 2 N–H and O–H groups in total. The van der Waals surface area contributed by atoms with E-state index in [-0.39, 0.29) is 47.9 Å². The molecule has 1 atom stereocenters. The highest BCUT2D eigenvalue weighted by Crippen LogP contribution is 2.41. The number of rotatable bonds is 5. The fourth-order valence-corrected chi connectivity index (χ4v) is 4.44. The van der Waals surface area contributed by atoms with E-state index < -0.39 is 29.1 Å². The van der Waals surface area contributed by atoms with E-state index in [2.05, 4.69) is 15.4 Å². The van der Waals surface area contributed by atoms with Gasteiger partial charge < -0.3 is 5.32 Å². The van der Waals surface area contributed by atoms with E-state index in [1.165, 1.54) is 18.2 Å². The quantitative estimate of drug-likeness (QED) is 0.529. The van der Waals surface area contributed by atoms with Crippen LogP contribution in [-0.2, 0) is 0 Å². The van der Waals surface area contributed by atoms with Crippen molar-refractivity contribution < 1.29 is 13.6 Å². The minimum Gasteiger partial charge on any atom is -0.345 e. The van der Waals surface area contributed by atoms with Gasteiger partial charge in [-0.05, 0) is 54.7 Å². The van der Waals surface area contributed by atoms with Crippen LogP contribution in [0.15, 0.2) is 58.3 Å². The first-order valence-electron chi connectivity index (χ1n) is 10.6. The molecule has 1 aromatic heterocycles. The number of alkyl halides is 2. The highest BCUT2D eigenvalue weighted by Gasteiger charge is 2.38. The Labute approximate surface area is 202 Å². The molecule has 3 aromatic rings. The SMILES string of the molecule is O=C(NC(c1ccc(Cl)cc1)C1CCC(F)(F)CC1)c1cc(-n2ncc(=O)[nH]c2=O)ccc1Cl. The molecule has 11 heteroatoms. The minimum absolute atomic E-state index is 0.0687. The van der Waals surface area contributed by atoms with Crippen molar-refractivity contribution in [1.82, 2.24) is 20.1 Å². The van der Waals surface area contributed by atoms with Crippen LogP contribution in [0, 0.1) is 5.92 Å². The van der Waals surface area contributed by atoms with Crippen LogP contribution in [0.1, 0.15) is 47.6 Å². The van der Waals surface area contributed by atoms with E-state index in [9.17, 15) is 23.2 Å². The van der Waals surface area contributed by atoms with Crippen molar-refractivity contribution >= 4 is 29.1 Å². The number of hydrogen-bond donors (Lipinski definition) is 2. The summed E-state index contributed by atoms with van der Waals surface area (Å²) in [5.74, 6) is -3.46. The lowest BCUT2D eigenvalue weighted by molar-refractivity contribution is -0.0493. The van der Waals surface area contributed by atoms with Gasteiger partial charge >= 0.3 is 5.69 Å². The molecule has 0 spiro atoms. The largest absolute Gasteiger partial charge is 0.349 e. The molecule has 178 valence electrons. The highest BCUT2D eigenvalue weighted by atomic mass is 35.5. The normalized spacial score (nSPS) is 16.7. The second kappa shape index (κ2) is 9.68. The van der Waals surface area contributed by atoms with Gasteiger partial charge in [-0.3, -0.25) is 14.6 Å². The minimum atomic E-state index is -2.71. The van der Waals surface area contributed by atoms with Gasteiger partial charge in [0.25, 0.3) is 11.5 Å². The molecule has 34 heavy (non-hydrogen) atoms. The topological polar surface area (TPSA) is 96.8 Å². The summed E-state index contributed by atoms with van der Waals surface area (Å²) in [6.45, 7) is 0. The molecule has 1 amide bonds. The van der Waals surface area contributed by atoms with Crippen molar-refractivity contribution in [2.24, 2.45) is 5.92 Å². The third-order valence-corrected chi connectivity index (χ3v) is 6.48. The molecule has 1 saturated carbocycles. The van der Waals surface area contributed by atoms with Crippen molar-refractivity contribution in [3.63, 3.8) is 0 Å². The summed E-state index contributed by atoms with van der Waals surface area (Å²) < 4.78 is 28.4. The maximum atomic E-state index is 13.8. The van der Waals surface area contributed by atoms with Gasteiger partial charge in [-0.15, -0.1) is 0 Å². The zero-order valence-electron chi connectivity index (χ0n) is 17.7. The van der Waals surface area contributed by atoms with E-state index in [0.717, 1.165) is 16.4 Å². The highest BCUT2D eigenvalue weighted by molar-refractivity contribution is 6.34. The average Bonchev–Trinajstić information content (AvgIpc) is 2.79. The molecule has 1 fully saturated rings. The zero-order valence-corrected chi connectivity index (χ0v) is 19.2. The number of nitrogens with one attached hydrogen (secondary N) is 2. The van der Waals surface area contributed by atoms with E-state index in [1.54, 1.807) is 24.3 Å². The van der Waals surface area contributed by atoms with Gasteiger partial charge in [-0.25, -0.2) is 13.6 Å².